The summed E-state index contributed by atoms with van der Waals surface area (Å²) in [4.78, 5) is 25.1. The molecule has 0 bridgehead atoms. The summed E-state index contributed by atoms with van der Waals surface area (Å²) in [6.45, 7) is 30.8. The molecule has 0 aromatic carbocycles. The first-order valence-corrected chi connectivity index (χ1v) is 18.8. The second kappa shape index (κ2) is 11.1. The first-order chi connectivity index (χ1) is 15.8. The van der Waals surface area contributed by atoms with Gasteiger partial charge in [-0.05, 0) is 70.9 Å². The zero-order valence-electron chi connectivity index (χ0n) is 25.5. The van der Waals surface area contributed by atoms with Crippen molar-refractivity contribution in [2.24, 2.45) is 0 Å². The van der Waals surface area contributed by atoms with Crippen LogP contribution >= 0.6 is 0 Å². The fraction of sp³-hybridized carbons (Fsp3) is 0.923. The molecule has 1 fully saturated rings. The first kappa shape index (κ1) is 33.2. The van der Waals surface area contributed by atoms with Gasteiger partial charge >= 0.3 is 6.09 Å². The molecule has 0 radical (unpaired) electrons. The summed E-state index contributed by atoms with van der Waals surface area (Å²) < 4.78 is 31.4. The molecule has 1 N–H and O–H groups in total. The van der Waals surface area contributed by atoms with E-state index in [0.717, 1.165) is 0 Å². The summed E-state index contributed by atoms with van der Waals surface area (Å²) in [6.07, 6.45) is -1.89. The van der Waals surface area contributed by atoms with Crippen molar-refractivity contribution in [3.8, 4) is 0 Å². The van der Waals surface area contributed by atoms with Crippen molar-refractivity contribution in [1.29, 1.82) is 0 Å². The van der Waals surface area contributed by atoms with E-state index >= 15 is 0 Å². The Labute approximate surface area is 221 Å². The minimum absolute atomic E-state index is 0.0259. The molecule has 0 aromatic rings. The lowest BCUT2D eigenvalue weighted by molar-refractivity contribution is -0.157. The maximum atomic E-state index is 12.7. The minimum Gasteiger partial charge on any atom is -0.444 e. The van der Waals surface area contributed by atoms with E-state index in [9.17, 15) is 9.59 Å². The smallest absolute Gasteiger partial charge is 0.408 e. The van der Waals surface area contributed by atoms with Crippen molar-refractivity contribution < 1.29 is 32.7 Å². The zero-order chi connectivity index (χ0) is 28.5. The van der Waals surface area contributed by atoms with E-state index in [1.54, 1.807) is 20.8 Å². The van der Waals surface area contributed by atoms with Crippen LogP contribution in [-0.4, -0.2) is 71.4 Å². The maximum absolute atomic E-state index is 12.7. The highest BCUT2D eigenvalue weighted by atomic mass is 28.4. The summed E-state index contributed by atoms with van der Waals surface area (Å²) >= 11 is 0. The largest absolute Gasteiger partial charge is 0.444 e. The number of nitrogens with one attached hydrogen (secondary N) is 1. The third-order valence-corrected chi connectivity index (χ3v) is 16.4. The van der Waals surface area contributed by atoms with Crippen molar-refractivity contribution in [2.45, 2.75) is 148 Å². The molecule has 0 spiro atoms. The van der Waals surface area contributed by atoms with Gasteiger partial charge in [-0.2, -0.15) is 0 Å². The highest BCUT2D eigenvalue weighted by Crippen LogP contribution is 2.41. The Morgan fingerprint density at radius 1 is 0.944 bits per heavy atom. The van der Waals surface area contributed by atoms with E-state index in [-0.39, 0.29) is 10.1 Å². The normalized spacial score (nSPS) is 23.2. The van der Waals surface area contributed by atoms with Crippen LogP contribution < -0.4 is 5.32 Å². The summed E-state index contributed by atoms with van der Waals surface area (Å²) in [6, 6.07) is -0.994. The Hall–Kier alpha value is -0.786. The fourth-order valence-electron chi connectivity index (χ4n) is 3.28. The van der Waals surface area contributed by atoms with Crippen LogP contribution in [0.5, 0.6) is 0 Å². The molecule has 1 amide bonds. The number of rotatable bonds is 9. The fourth-order valence-corrected chi connectivity index (χ4v) is 5.61. The van der Waals surface area contributed by atoms with E-state index in [2.05, 4.69) is 73.0 Å². The lowest BCUT2D eigenvalue weighted by Crippen LogP contribution is -2.59. The highest BCUT2D eigenvalue weighted by molar-refractivity contribution is 6.74. The highest BCUT2D eigenvalue weighted by Gasteiger charge is 2.52. The monoisotopic (exact) mass is 547 g/mol. The third kappa shape index (κ3) is 9.20. The molecule has 36 heavy (non-hydrogen) atoms. The molecule has 1 rings (SSSR count). The molecular formula is C26H53NO7Si2. The van der Waals surface area contributed by atoms with Crippen LogP contribution in [0.25, 0.3) is 0 Å². The number of ether oxygens (including phenoxy) is 3. The molecule has 1 saturated heterocycles. The average Bonchev–Trinajstić information content (AvgIpc) is 2.94. The molecule has 1 heterocycles. The number of aldehydes is 1. The van der Waals surface area contributed by atoms with Gasteiger partial charge in [-0.3, -0.25) is 0 Å². The van der Waals surface area contributed by atoms with Crippen molar-refractivity contribution in [3.05, 3.63) is 0 Å². The Morgan fingerprint density at radius 3 is 1.86 bits per heavy atom. The minimum atomic E-state index is -2.40. The number of hydrogen-bond donors (Lipinski definition) is 1. The first-order valence-electron chi connectivity index (χ1n) is 12.9. The Bertz CT molecular complexity index is 764. The van der Waals surface area contributed by atoms with E-state index in [4.69, 9.17) is 23.1 Å². The SMILES string of the molecule is CC(C)(C)OC(=O)N[C@H](C=O)[C@@H](O[Si](C)(C)C(C)(C)C)[C@@H]1OC(C)(C)O[C@@H]1CO[Si](C)(C)C(C)(C)C. The third-order valence-electron chi connectivity index (χ3n) is 7.38. The van der Waals surface area contributed by atoms with Gasteiger partial charge in [0, 0.05) is 0 Å². The molecule has 0 saturated carbocycles. The molecule has 212 valence electrons. The maximum Gasteiger partial charge on any atom is 0.408 e. The predicted octanol–water partition coefficient (Wildman–Crippen LogP) is 6.01. The summed E-state index contributed by atoms with van der Waals surface area (Å²) in [5.41, 5.74) is -0.707. The standard InChI is InChI=1S/C26H53NO7Si2/c1-23(2,3)33-22(29)27-18(16-28)20(34-36(14,15)25(7,8)9)21-19(31-26(10,11)32-21)17-30-35(12,13)24(4,5)6/h16,18-21H,17H2,1-15H3,(H,27,29)/t18-,19-,20-,21-/m1/s1. The lowest BCUT2D eigenvalue weighted by Gasteiger charge is -2.43. The summed E-state index contributed by atoms with van der Waals surface area (Å²) in [5, 5.41) is 2.61. The van der Waals surface area contributed by atoms with Gasteiger partial charge in [0.05, 0.1) is 6.61 Å². The van der Waals surface area contributed by atoms with Crippen LogP contribution in [0.3, 0.4) is 0 Å². The van der Waals surface area contributed by atoms with Crippen LogP contribution in [0, 0.1) is 0 Å². The molecule has 0 aromatic heterocycles. The van der Waals surface area contributed by atoms with Crippen molar-refractivity contribution in [3.63, 3.8) is 0 Å². The second-order valence-electron chi connectivity index (χ2n) is 14.4. The van der Waals surface area contributed by atoms with Crippen molar-refractivity contribution in [2.75, 3.05) is 6.61 Å². The molecule has 0 unspecified atom stereocenters. The van der Waals surface area contributed by atoms with Gasteiger partial charge in [0.25, 0.3) is 0 Å². The number of hydrogen-bond acceptors (Lipinski definition) is 7. The molecule has 10 heteroatoms. The number of carbonyl (C=O) groups is 2. The van der Waals surface area contributed by atoms with E-state index in [1.807, 2.05) is 13.8 Å². The molecule has 0 aliphatic carbocycles. The van der Waals surface area contributed by atoms with Crippen LogP contribution in [-0.2, 0) is 27.9 Å². The van der Waals surface area contributed by atoms with Crippen molar-refractivity contribution >= 4 is 29.0 Å². The van der Waals surface area contributed by atoms with Gasteiger partial charge in [0.1, 0.15) is 36.2 Å². The molecule has 1 aliphatic rings. The van der Waals surface area contributed by atoms with Crippen LogP contribution in [0.15, 0.2) is 0 Å². The molecular weight excluding hydrogens is 494 g/mol. The van der Waals surface area contributed by atoms with E-state index < -0.39 is 58.5 Å². The topological polar surface area (TPSA) is 92.3 Å². The predicted molar refractivity (Wildman–Crippen MR) is 148 cm³/mol. The zero-order valence-corrected chi connectivity index (χ0v) is 27.5. The molecule has 8 nitrogen and oxygen atoms in total. The number of carbonyl (C=O) groups excluding carboxylic acids is 2. The molecule has 4 atom stereocenters. The Balaban J connectivity index is 3.39. The van der Waals surface area contributed by atoms with Crippen molar-refractivity contribution in [1.82, 2.24) is 5.32 Å². The Morgan fingerprint density at radius 2 is 1.44 bits per heavy atom. The van der Waals surface area contributed by atoms with Gasteiger partial charge in [-0.25, -0.2) is 4.79 Å². The van der Waals surface area contributed by atoms with Gasteiger partial charge in [0.2, 0.25) is 0 Å². The van der Waals surface area contributed by atoms with Crippen LogP contribution in [0.1, 0.15) is 76.2 Å². The van der Waals surface area contributed by atoms with Crippen LogP contribution in [0.4, 0.5) is 4.79 Å². The van der Waals surface area contributed by atoms with Gasteiger partial charge in [0.15, 0.2) is 22.4 Å². The average molecular weight is 548 g/mol. The Kier molecular flexibility index (Phi) is 10.3. The second-order valence-corrected chi connectivity index (χ2v) is 23.9. The number of amides is 1. The summed E-state index contributed by atoms with van der Waals surface area (Å²) in [5.74, 6) is -0.902. The van der Waals surface area contributed by atoms with Gasteiger partial charge in [-0.1, -0.05) is 41.5 Å². The number of alkyl carbamates (subject to hydrolysis) is 1. The molecule has 1 aliphatic heterocycles. The van der Waals surface area contributed by atoms with Gasteiger partial charge < -0.3 is 33.2 Å². The van der Waals surface area contributed by atoms with E-state index in [0.29, 0.717) is 12.9 Å². The summed E-state index contributed by atoms with van der Waals surface area (Å²) in [7, 11) is -4.47. The van der Waals surface area contributed by atoms with E-state index in [1.165, 1.54) is 0 Å². The quantitative estimate of drug-likeness (QED) is 0.279. The van der Waals surface area contributed by atoms with Crippen LogP contribution in [0.2, 0.25) is 36.3 Å². The van der Waals surface area contributed by atoms with Gasteiger partial charge in [-0.15, -0.1) is 0 Å². The lowest BCUT2D eigenvalue weighted by atomic mass is 10.0.